The Kier molecular flexibility index (Phi) is 7.78. The summed E-state index contributed by atoms with van der Waals surface area (Å²) in [6.45, 7) is 4.03. The van der Waals surface area contributed by atoms with Gasteiger partial charge in [-0.1, -0.05) is 12.1 Å². The van der Waals surface area contributed by atoms with Gasteiger partial charge in [0, 0.05) is 5.56 Å². The molecule has 0 aliphatic heterocycles. The molecule has 2 N–H and O–H groups in total. The van der Waals surface area contributed by atoms with Crippen LogP contribution in [0, 0.1) is 11.3 Å². The molecule has 194 valence electrons. The summed E-state index contributed by atoms with van der Waals surface area (Å²) in [5.74, 6) is -0.982. The number of methoxy groups -OCH3 is 1. The molecule has 2 amide bonds. The molecule has 0 aliphatic rings. The molecule has 0 aliphatic carbocycles. The number of nitriles is 1. The number of hydrogen-bond donors (Lipinski definition) is 1. The monoisotopic (exact) mass is 527 g/mol. The van der Waals surface area contributed by atoms with Crippen LogP contribution in [0.5, 0.6) is 5.75 Å². The summed E-state index contributed by atoms with van der Waals surface area (Å²) in [6.07, 6.45) is -1.26. The first kappa shape index (κ1) is 27.1. The fraction of sp³-hybridized carbons (Fsp3) is 0.304. The van der Waals surface area contributed by atoms with Crippen molar-refractivity contribution >= 4 is 22.0 Å². The van der Waals surface area contributed by atoms with Crippen molar-refractivity contribution in [2.24, 2.45) is 5.73 Å². The Morgan fingerprint density at radius 2 is 1.84 bits per heavy atom. The molecular formula is C23H25N7O6S. The van der Waals surface area contributed by atoms with Crippen molar-refractivity contribution in [3.63, 3.8) is 0 Å². The summed E-state index contributed by atoms with van der Waals surface area (Å²) in [6, 6.07) is 12.9. The van der Waals surface area contributed by atoms with E-state index >= 15 is 0 Å². The number of sulfonamides is 1. The van der Waals surface area contributed by atoms with Gasteiger partial charge in [0.25, 0.3) is 10.0 Å². The van der Waals surface area contributed by atoms with Gasteiger partial charge in [-0.05, 0) is 61.9 Å². The molecule has 0 saturated carbocycles. The minimum atomic E-state index is -4.60. The first-order valence-corrected chi connectivity index (χ1v) is 12.3. The molecule has 0 spiro atoms. The summed E-state index contributed by atoms with van der Waals surface area (Å²) in [7, 11) is -3.35. The topological polar surface area (TPSA) is 183 Å². The Balaban J connectivity index is 1.92. The summed E-state index contributed by atoms with van der Waals surface area (Å²) >= 11 is 0. The Labute approximate surface area is 213 Å². The third-order valence-electron chi connectivity index (χ3n) is 4.75. The molecule has 1 heterocycles. The number of primary amides is 1. The first-order chi connectivity index (χ1) is 17.3. The lowest BCUT2D eigenvalue weighted by Crippen LogP contribution is -2.45. The van der Waals surface area contributed by atoms with Crippen LogP contribution in [0.2, 0.25) is 0 Å². The molecule has 0 radical (unpaired) electrons. The minimum absolute atomic E-state index is 0.126. The van der Waals surface area contributed by atoms with Gasteiger partial charge in [-0.25, -0.2) is 13.2 Å². The van der Waals surface area contributed by atoms with Crippen molar-refractivity contribution in [3.8, 4) is 23.2 Å². The van der Waals surface area contributed by atoms with Gasteiger partial charge in [0.05, 0.1) is 25.3 Å². The van der Waals surface area contributed by atoms with E-state index in [0.29, 0.717) is 17.7 Å². The van der Waals surface area contributed by atoms with Crippen LogP contribution in [0.25, 0.3) is 11.4 Å². The maximum absolute atomic E-state index is 13.3. The Hall–Kier alpha value is -4.51. The summed E-state index contributed by atoms with van der Waals surface area (Å²) in [5.41, 5.74) is 5.93. The van der Waals surface area contributed by atoms with E-state index < -0.39 is 39.1 Å². The number of benzene rings is 2. The molecule has 37 heavy (non-hydrogen) atoms. The van der Waals surface area contributed by atoms with Crippen LogP contribution in [-0.4, -0.2) is 64.2 Å². The molecule has 0 unspecified atom stereocenters. The van der Waals surface area contributed by atoms with Gasteiger partial charge in [-0.15, -0.1) is 10.2 Å². The van der Waals surface area contributed by atoms with E-state index in [2.05, 4.69) is 15.4 Å². The van der Waals surface area contributed by atoms with Crippen molar-refractivity contribution < 1.29 is 27.5 Å². The van der Waals surface area contributed by atoms with E-state index in [1.165, 1.54) is 30.1 Å². The largest absolute Gasteiger partial charge is 0.495 e. The van der Waals surface area contributed by atoms with Crippen molar-refractivity contribution in [1.82, 2.24) is 24.5 Å². The highest BCUT2D eigenvalue weighted by atomic mass is 32.2. The number of ether oxygens (including phenoxy) is 2. The van der Waals surface area contributed by atoms with E-state index in [1.807, 2.05) is 6.07 Å². The summed E-state index contributed by atoms with van der Waals surface area (Å²) in [5, 5.41) is 21.2. The third kappa shape index (κ3) is 6.58. The second-order valence-electron chi connectivity index (χ2n) is 8.78. The van der Waals surface area contributed by atoms with E-state index in [9.17, 15) is 18.0 Å². The van der Waals surface area contributed by atoms with E-state index in [-0.39, 0.29) is 15.9 Å². The van der Waals surface area contributed by atoms with Gasteiger partial charge in [-0.3, -0.25) is 4.79 Å². The lowest BCUT2D eigenvalue weighted by atomic mass is 10.1. The van der Waals surface area contributed by atoms with Crippen LogP contribution in [0.1, 0.15) is 31.9 Å². The fourth-order valence-corrected chi connectivity index (χ4v) is 4.52. The highest BCUT2D eigenvalue weighted by Gasteiger charge is 2.36. The molecule has 0 fully saturated rings. The molecule has 13 nitrogen and oxygen atoms in total. The summed E-state index contributed by atoms with van der Waals surface area (Å²) < 4.78 is 37.4. The molecule has 3 aromatic rings. The van der Waals surface area contributed by atoms with Gasteiger partial charge < -0.3 is 15.2 Å². The number of nitrogens with two attached hydrogens (primary N) is 1. The number of amides is 2. The Morgan fingerprint density at radius 3 is 2.41 bits per heavy atom. The lowest BCUT2D eigenvalue weighted by Gasteiger charge is -2.26. The zero-order valence-electron chi connectivity index (χ0n) is 20.6. The van der Waals surface area contributed by atoms with E-state index in [4.69, 9.17) is 20.5 Å². The van der Waals surface area contributed by atoms with Crippen LogP contribution in [0.3, 0.4) is 0 Å². The molecule has 0 atom stereocenters. The highest BCUT2D eigenvalue weighted by Crippen LogP contribution is 2.31. The molecule has 14 heteroatoms. The lowest BCUT2D eigenvalue weighted by molar-refractivity contribution is -0.118. The number of tetrazole rings is 1. The van der Waals surface area contributed by atoms with Gasteiger partial charge in [0.1, 0.15) is 22.8 Å². The quantitative estimate of drug-likeness (QED) is 0.452. The molecule has 3 rings (SSSR count). The fourth-order valence-electron chi connectivity index (χ4n) is 3.11. The molecule has 1 aromatic heterocycles. The predicted molar refractivity (Wildman–Crippen MR) is 129 cm³/mol. The van der Waals surface area contributed by atoms with Crippen LogP contribution in [0.15, 0.2) is 47.4 Å². The highest BCUT2D eigenvalue weighted by molar-refractivity contribution is 7.89. The van der Waals surface area contributed by atoms with Crippen LogP contribution in [0.4, 0.5) is 4.79 Å². The average Bonchev–Trinajstić information content (AvgIpc) is 3.29. The third-order valence-corrected chi connectivity index (χ3v) is 6.50. The van der Waals surface area contributed by atoms with Gasteiger partial charge in [-0.2, -0.15) is 14.4 Å². The predicted octanol–water partition coefficient (Wildman–Crippen LogP) is 1.68. The van der Waals surface area contributed by atoms with Crippen molar-refractivity contribution in [3.05, 3.63) is 53.6 Å². The number of rotatable bonds is 8. The first-order valence-electron chi connectivity index (χ1n) is 10.8. The molecule has 2 aromatic carbocycles. The molecular weight excluding hydrogens is 502 g/mol. The normalized spacial score (nSPS) is 11.4. The number of hydrogen-bond acceptors (Lipinski definition) is 10. The molecule has 0 saturated heterocycles. The summed E-state index contributed by atoms with van der Waals surface area (Å²) in [4.78, 5) is 25.1. The Bertz CT molecular complexity index is 1450. The molecule has 0 bridgehead atoms. The number of carbonyl (C=O) groups excluding carboxylic acids is 2. The number of nitrogens with zero attached hydrogens (tertiary/aromatic N) is 6. The number of aromatic nitrogens is 4. The van der Waals surface area contributed by atoms with Crippen LogP contribution in [-0.2, 0) is 26.1 Å². The van der Waals surface area contributed by atoms with Crippen LogP contribution >= 0.6 is 0 Å². The Morgan fingerprint density at radius 1 is 1.16 bits per heavy atom. The van der Waals surface area contributed by atoms with Crippen molar-refractivity contribution in [2.75, 3.05) is 13.7 Å². The maximum atomic E-state index is 13.3. The smallest absolute Gasteiger partial charge is 0.424 e. The van der Waals surface area contributed by atoms with Gasteiger partial charge in [0.2, 0.25) is 11.7 Å². The average molecular weight is 528 g/mol. The maximum Gasteiger partial charge on any atom is 0.424 e. The number of carbonyl (C=O) groups is 2. The second kappa shape index (κ2) is 10.6. The van der Waals surface area contributed by atoms with Crippen molar-refractivity contribution in [1.29, 1.82) is 5.26 Å². The minimum Gasteiger partial charge on any atom is -0.495 e. The zero-order valence-corrected chi connectivity index (χ0v) is 21.4. The standard InChI is InChI=1S/C23H25N7O6S/c1-23(2,3)36-22(32)29(14-20(25)31)37(33,34)19-10-9-17(11-18(19)35-4)21-26-28-30(27-21)13-16-7-5-15(12-24)6-8-16/h5-11H,13-14H2,1-4H3,(H2,25,31). The zero-order chi connectivity index (χ0) is 27.4. The van der Waals surface area contributed by atoms with Gasteiger partial charge >= 0.3 is 6.09 Å². The van der Waals surface area contributed by atoms with E-state index in [1.54, 1.807) is 45.0 Å². The van der Waals surface area contributed by atoms with Crippen LogP contribution < -0.4 is 10.5 Å². The van der Waals surface area contributed by atoms with Crippen molar-refractivity contribution in [2.45, 2.75) is 37.8 Å². The van der Waals surface area contributed by atoms with E-state index in [0.717, 1.165) is 5.56 Å². The second-order valence-corrected chi connectivity index (χ2v) is 10.6. The van der Waals surface area contributed by atoms with Gasteiger partial charge in [0.15, 0.2) is 0 Å². The SMILES string of the molecule is COc1cc(-c2nnn(Cc3ccc(C#N)cc3)n2)ccc1S(=O)(=O)N(CC(N)=O)C(=O)OC(C)(C)C.